The quantitative estimate of drug-likeness (QED) is 0.906. The highest BCUT2D eigenvalue weighted by molar-refractivity contribution is 5.84. The van der Waals surface area contributed by atoms with Crippen molar-refractivity contribution >= 4 is 16.7 Å². The molecule has 0 spiro atoms. The highest BCUT2D eigenvalue weighted by atomic mass is 19.3. The van der Waals surface area contributed by atoms with Gasteiger partial charge >= 0.3 is 11.9 Å². The first-order chi connectivity index (χ1) is 8.38. The lowest BCUT2D eigenvalue weighted by molar-refractivity contribution is -0.164. The lowest BCUT2D eigenvalue weighted by Gasteiger charge is -2.11. The van der Waals surface area contributed by atoms with Crippen LogP contribution in [0.25, 0.3) is 10.8 Å². The summed E-state index contributed by atoms with van der Waals surface area (Å²) < 4.78 is 26.2. The minimum absolute atomic E-state index is 0.318. The predicted molar refractivity (Wildman–Crippen MR) is 65.0 cm³/mol. The summed E-state index contributed by atoms with van der Waals surface area (Å²) >= 11 is 0. The van der Waals surface area contributed by atoms with Gasteiger partial charge in [0.25, 0.3) is 0 Å². The average Bonchev–Trinajstić information content (AvgIpc) is 2.28. The molecule has 18 heavy (non-hydrogen) atoms. The Bertz CT molecular complexity index is 606. The molecule has 0 atom stereocenters. The Morgan fingerprint density at radius 2 is 1.78 bits per heavy atom. The van der Waals surface area contributed by atoms with Gasteiger partial charge in [-0.1, -0.05) is 42.0 Å². The predicted octanol–water partition coefficient (Wildman–Crippen LogP) is 3.41. The van der Waals surface area contributed by atoms with Crippen molar-refractivity contribution in [3.63, 3.8) is 0 Å². The first-order valence-corrected chi connectivity index (χ1v) is 5.49. The van der Waals surface area contributed by atoms with E-state index in [2.05, 4.69) is 0 Å². The first kappa shape index (κ1) is 12.5. The van der Waals surface area contributed by atoms with Crippen LogP contribution >= 0.6 is 0 Å². The van der Waals surface area contributed by atoms with E-state index in [9.17, 15) is 13.6 Å². The fourth-order valence-electron chi connectivity index (χ4n) is 1.86. The molecular weight excluding hydrogens is 238 g/mol. The zero-order valence-corrected chi connectivity index (χ0v) is 9.78. The minimum atomic E-state index is -3.72. The molecule has 0 amide bonds. The number of carboxylic acid groups (broad SMARTS) is 1. The summed E-state index contributed by atoms with van der Waals surface area (Å²) in [6.07, 6.45) is -0.786. The number of halogens is 2. The van der Waals surface area contributed by atoms with E-state index < -0.39 is 18.3 Å². The van der Waals surface area contributed by atoms with E-state index in [1.807, 2.05) is 25.1 Å². The van der Waals surface area contributed by atoms with Gasteiger partial charge in [0.1, 0.15) is 0 Å². The Hall–Kier alpha value is -1.97. The van der Waals surface area contributed by atoms with Gasteiger partial charge in [0.2, 0.25) is 0 Å². The molecule has 0 saturated carbocycles. The maximum absolute atomic E-state index is 13.1. The van der Waals surface area contributed by atoms with Crippen molar-refractivity contribution in [2.45, 2.75) is 19.3 Å². The van der Waals surface area contributed by atoms with Gasteiger partial charge in [-0.25, -0.2) is 4.79 Å². The van der Waals surface area contributed by atoms with Crippen molar-refractivity contribution in [3.05, 3.63) is 47.5 Å². The third-order valence-electron chi connectivity index (χ3n) is 2.80. The molecule has 0 aliphatic carbocycles. The van der Waals surface area contributed by atoms with E-state index in [-0.39, 0.29) is 0 Å². The SMILES string of the molecule is Cc1ccc2cc(CC(F)(F)C(=O)O)ccc2c1. The molecule has 0 heterocycles. The molecule has 0 aliphatic heterocycles. The van der Waals surface area contributed by atoms with Crippen LogP contribution in [0.4, 0.5) is 8.78 Å². The molecule has 0 aliphatic rings. The van der Waals surface area contributed by atoms with Crippen molar-refractivity contribution in [2.24, 2.45) is 0 Å². The molecule has 2 nitrogen and oxygen atoms in total. The van der Waals surface area contributed by atoms with Gasteiger partial charge in [-0.05, 0) is 23.3 Å². The summed E-state index contributed by atoms with van der Waals surface area (Å²) in [7, 11) is 0. The second kappa shape index (κ2) is 4.37. The summed E-state index contributed by atoms with van der Waals surface area (Å²) in [6.45, 7) is 1.95. The number of carboxylic acids is 1. The Kier molecular flexibility index (Phi) is 3.03. The topological polar surface area (TPSA) is 37.3 Å². The molecule has 0 radical (unpaired) electrons. The fraction of sp³-hybridized carbons (Fsp3) is 0.214. The zero-order valence-electron chi connectivity index (χ0n) is 9.78. The zero-order chi connectivity index (χ0) is 13.3. The van der Waals surface area contributed by atoms with Gasteiger partial charge in [-0.3, -0.25) is 0 Å². The number of aryl methyl sites for hydroxylation is 1. The highest BCUT2D eigenvalue weighted by Gasteiger charge is 2.38. The van der Waals surface area contributed by atoms with E-state index in [0.29, 0.717) is 5.56 Å². The molecule has 2 aromatic rings. The van der Waals surface area contributed by atoms with Crippen LogP contribution in [-0.2, 0) is 11.2 Å². The van der Waals surface area contributed by atoms with Crippen LogP contribution in [0.15, 0.2) is 36.4 Å². The largest absolute Gasteiger partial charge is 0.477 e. The van der Waals surface area contributed by atoms with Crippen molar-refractivity contribution in [2.75, 3.05) is 0 Å². The van der Waals surface area contributed by atoms with E-state index >= 15 is 0 Å². The van der Waals surface area contributed by atoms with E-state index in [0.717, 1.165) is 16.3 Å². The molecular formula is C14H12F2O2. The number of hydrogen-bond acceptors (Lipinski definition) is 1. The third kappa shape index (κ3) is 2.47. The van der Waals surface area contributed by atoms with E-state index in [1.165, 1.54) is 0 Å². The maximum Gasteiger partial charge on any atom is 0.374 e. The Morgan fingerprint density at radius 1 is 1.17 bits per heavy atom. The third-order valence-corrected chi connectivity index (χ3v) is 2.80. The lowest BCUT2D eigenvalue weighted by Crippen LogP contribution is -2.30. The van der Waals surface area contributed by atoms with Crippen molar-refractivity contribution in [3.8, 4) is 0 Å². The van der Waals surface area contributed by atoms with Crippen LogP contribution in [-0.4, -0.2) is 17.0 Å². The second-order valence-electron chi connectivity index (χ2n) is 4.37. The van der Waals surface area contributed by atoms with Crippen LogP contribution in [0.3, 0.4) is 0 Å². The Morgan fingerprint density at radius 3 is 2.44 bits per heavy atom. The molecule has 2 aromatic carbocycles. The number of fused-ring (bicyclic) bond motifs is 1. The van der Waals surface area contributed by atoms with Crippen LogP contribution in [0.5, 0.6) is 0 Å². The summed E-state index contributed by atoms with van der Waals surface area (Å²) in [4.78, 5) is 10.4. The lowest BCUT2D eigenvalue weighted by atomic mass is 10.0. The average molecular weight is 250 g/mol. The van der Waals surface area contributed by atoms with Crippen LogP contribution < -0.4 is 0 Å². The number of rotatable bonds is 3. The van der Waals surface area contributed by atoms with Gasteiger partial charge in [-0.15, -0.1) is 0 Å². The molecule has 1 N–H and O–H groups in total. The monoisotopic (exact) mass is 250 g/mol. The molecule has 0 bridgehead atoms. The van der Waals surface area contributed by atoms with Crippen LogP contribution in [0, 0.1) is 6.92 Å². The molecule has 0 fully saturated rings. The summed E-state index contributed by atoms with van der Waals surface area (Å²) in [5.74, 6) is -5.82. The highest BCUT2D eigenvalue weighted by Crippen LogP contribution is 2.24. The van der Waals surface area contributed by atoms with Gasteiger partial charge in [0, 0.05) is 6.42 Å². The Balaban J connectivity index is 2.36. The fourth-order valence-corrected chi connectivity index (χ4v) is 1.86. The van der Waals surface area contributed by atoms with Crippen LogP contribution in [0.1, 0.15) is 11.1 Å². The van der Waals surface area contributed by atoms with Crippen molar-refractivity contribution in [1.82, 2.24) is 0 Å². The van der Waals surface area contributed by atoms with Crippen molar-refractivity contribution < 1.29 is 18.7 Å². The van der Waals surface area contributed by atoms with E-state index in [1.54, 1.807) is 18.2 Å². The number of carbonyl (C=O) groups is 1. The Labute approximate surface area is 103 Å². The number of benzene rings is 2. The summed E-state index contributed by atoms with van der Waals surface area (Å²) in [6, 6.07) is 10.6. The summed E-state index contributed by atoms with van der Waals surface area (Å²) in [5.41, 5.74) is 1.41. The number of alkyl halides is 2. The minimum Gasteiger partial charge on any atom is -0.477 e. The smallest absolute Gasteiger partial charge is 0.374 e. The maximum atomic E-state index is 13.1. The van der Waals surface area contributed by atoms with E-state index in [4.69, 9.17) is 5.11 Å². The van der Waals surface area contributed by atoms with Crippen LogP contribution in [0.2, 0.25) is 0 Å². The molecule has 4 heteroatoms. The summed E-state index contributed by atoms with van der Waals surface area (Å²) in [5, 5.41) is 10.2. The number of hydrogen-bond donors (Lipinski definition) is 1. The van der Waals surface area contributed by atoms with Crippen molar-refractivity contribution in [1.29, 1.82) is 0 Å². The second-order valence-corrected chi connectivity index (χ2v) is 4.37. The normalized spacial score (nSPS) is 11.7. The molecule has 0 saturated heterocycles. The molecule has 0 aromatic heterocycles. The van der Waals surface area contributed by atoms with Gasteiger partial charge in [0.15, 0.2) is 0 Å². The van der Waals surface area contributed by atoms with Gasteiger partial charge in [0.05, 0.1) is 0 Å². The molecule has 2 rings (SSSR count). The molecule has 94 valence electrons. The molecule has 0 unspecified atom stereocenters. The standard InChI is InChI=1S/C14H12F2O2/c1-9-2-4-12-7-10(3-5-11(12)6-9)8-14(15,16)13(17)18/h2-7H,8H2,1H3,(H,17,18). The number of aliphatic carboxylic acids is 1. The first-order valence-electron chi connectivity index (χ1n) is 5.49. The van der Waals surface area contributed by atoms with Gasteiger partial charge < -0.3 is 5.11 Å². The van der Waals surface area contributed by atoms with Gasteiger partial charge in [-0.2, -0.15) is 8.78 Å².